The summed E-state index contributed by atoms with van der Waals surface area (Å²) in [6.07, 6.45) is 1.80. The number of amides is 1. The normalized spacial score (nSPS) is 10.6. The van der Waals surface area contributed by atoms with Crippen LogP contribution in [0.2, 0.25) is 0 Å². The molecule has 0 aromatic carbocycles. The molecule has 5 heteroatoms. The molecule has 1 rings (SSSR count). The first-order valence-electron chi connectivity index (χ1n) is 6.68. The summed E-state index contributed by atoms with van der Waals surface area (Å²) in [4.78, 5) is 19.7. The van der Waals surface area contributed by atoms with Crippen molar-refractivity contribution < 1.29 is 4.79 Å². The fourth-order valence-electron chi connectivity index (χ4n) is 1.72. The van der Waals surface area contributed by atoms with Gasteiger partial charge >= 0.3 is 0 Å². The minimum atomic E-state index is 0.128. The van der Waals surface area contributed by atoms with E-state index in [0.717, 1.165) is 25.5 Å². The van der Waals surface area contributed by atoms with Crippen LogP contribution in [-0.2, 0) is 11.3 Å². The van der Waals surface area contributed by atoms with Crippen LogP contribution in [0.3, 0.4) is 0 Å². The van der Waals surface area contributed by atoms with Crippen molar-refractivity contribution in [1.82, 2.24) is 14.8 Å². The Bertz CT molecular complexity index is 406. The molecule has 1 N–H and O–H groups in total. The number of pyridine rings is 1. The van der Waals surface area contributed by atoms with Gasteiger partial charge in [-0.15, -0.1) is 0 Å². The van der Waals surface area contributed by atoms with Crippen molar-refractivity contribution in [1.29, 1.82) is 0 Å². The van der Waals surface area contributed by atoms with E-state index in [1.54, 1.807) is 25.2 Å². The van der Waals surface area contributed by atoms with E-state index in [-0.39, 0.29) is 5.91 Å². The second kappa shape index (κ2) is 7.74. The first kappa shape index (κ1) is 15.4. The molecule has 0 bridgehead atoms. The molecule has 19 heavy (non-hydrogen) atoms. The quantitative estimate of drug-likeness (QED) is 0.809. The lowest BCUT2D eigenvalue weighted by Gasteiger charge is -2.22. The van der Waals surface area contributed by atoms with Crippen LogP contribution in [0, 0.1) is 0 Å². The van der Waals surface area contributed by atoms with Gasteiger partial charge in [-0.3, -0.25) is 9.69 Å². The molecule has 0 spiro atoms. The molecule has 0 saturated carbocycles. The molecule has 0 aliphatic rings. The van der Waals surface area contributed by atoms with Crippen molar-refractivity contribution >= 4 is 11.7 Å². The van der Waals surface area contributed by atoms with E-state index in [0.29, 0.717) is 6.54 Å². The predicted molar refractivity (Wildman–Crippen MR) is 78.0 cm³/mol. The summed E-state index contributed by atoms with van der Waals surface area (Å²) in [6, 6.07) is 4.02. The van der Waals surface area contributed by atoms with Crippen molar-refractivity contribution in [3.63, 3.8) is 0 Å². The average Bonchev–Trinajstić information content (AvgIpc) is 2.38. The number of hydrogen-bond acceptors (Lipinski definition) is 4. The van der Waals surface area contributed by atoms with Gasteiger partial charge in [-0.25, -0.2) is 4.98 Å². The van der Waals surface area contributed by atoms with Crippen LogP contribution in [0.1, 0.15) is 19.4 Å². The Kier molecular flexibility index (Phi) is 6.29. The van der Waals surface area contributed by atoms with Crippen LogP contribution in [0.5, 0.6) is 0 Å². The maximum absolute atomic E-state index is 11.7. The summed E-state index contributed by atoms with van der Waals surface area (Å²) in [5, 5.41) is 3.19. The van der Waals surface area contributed by atoms with Gasteiger partial charge in [0.1, 0.15) is 5.82 Å². The second-order valence-electron chi connectivity index (χ2n) is 4.67. The maximum atomic E-state index is 11.7. The van der Waals surface area contributed by atoms with Crippen LogP contribution in [0.4, 0.5) is 5.82 Å². The van der Waals surface area contributed by atoms with Gasteiger partial charge in [0.15, 0.2) is 0 Å². The molecule has 0 fully saturated rings. The molecule has 0 aliphatic carbocycles. The second-order valence-corrected chi connectivity index (χ2v) is 4.67. The number of nitrogens with one attached hydrogen (secondary N) is 1. The topological polar surface area (TPSA) is 48.5 Å². The Labute approximate surface area is 115 Å². The first-order valence-corrected chi connectivity index (χ1v) is 6.68. The van der Waals surface area contributed by atoms with Crippen molar-refractivity contribution in [3.05, 3.63) is 23.9 Å². The zero-order valence-electron chi connectivity index (χ0n) is 12.3. The Morgan fingerprint density at radius 1 is 1.37 bits per heavy atom. The van der Waals surface area contributed by atoms with Crippen molar-refractivity contribution in [2.75, 3.05) is 39.0 Å². The zero-order valence-corrected chi connectivity index (χ0v) is 12.3. The van der Waals surface area contributed by atoms with Gasteiger partial charge in [0.25, 0.3) is 0 Å². The Hall–Kier alpha value is -1.62. The molecule has 0 radical (unpaired) electrons. The third-order valence-corrected chi connectivity index (χ3v) is 2.89. The summed E-state index contributed by atoms with van der Waals surface area (Å²) in [6.45, 7) is 7.02. The van der Waals surface area contributed by atoms with Gasteiger partial charge in [0.05, 0.1) is 6.54 Å². The van der Waals surface area contributed by atoms with Crippen LogP contribution in [-0.4, -0.2) is 54.4 Å². The third-order valence-electron chi connectivity index (χ3n) is 2.89. The van der Waals surface area contributed by atoms with Crippen LogP contribution in [0.15, 0.2) is 18.3 Å². The fourth-order valence-corrected chi connectivity index (χ4v) is 1.72. The van der Waals surface area contributed by atoms with Gasteiger partial charge < -0.3 is 10.2 Å². The minimum absolute atomic E-state index is 0.128. The summed E-state index contributed by atoms with van der Waals surface area (Å²) in [5.74, 6) is 1.01. The number of likely N-dealkylation sites (N-methyl/N-ethyl adjacent to an activating group) is 2. The van der Waals surface area contributed by atoms with Gasteiger partial charge in [0.2, 0.25) is 5.91 Å². The molecule has 0 aliphatic heterocycles. The number of aromatic nitrogens is 1. The molecular weight excluding hydrogens is 240 g/mol. The van der Waals surface area contributed by atoms with E-state index in [2.05, 4.69) is 22.1 Å². The summed E-state index contributed by atoms with van der Waals surface area (Å²) >= 11 is 0. The Morgan fingerprint density at radius 3 is 2.68 bits per heavy atom. The zero-order chi connectivity index (χ0) is 14.3. The molecular formula is C14H24N4O. The molecule has 1 aromatic rings. The van der Waals surface area contributed by atoms with E-state index in [4.69, 9.17) is 0 Å². The van der Waals surface area contributed by atoms with Gasteiger partial charge in [-0.1, -0.05) is 6.92 Å². The van der Waals surface area contributed by atoms with Gasteiger partial charge in [0, 0.05) is 33.4 Å². The van der Waals surface area contributed by atoms with Crippen molar-refractivity contribution in [2.45, 2.75) is 20.4 Å². The highest BCUT2D eigenvalue weighted by Crippen LogP contribution is 2.09. The van der Waals surface area contributed by atoms with E-state index in [9.17, 15) is 4.79 Å². The number of rotatable bonds is 7. The molecule has 106 valence electrons. The lowest BCUT2D eigenvalue weighted by atomic mass is 10.2. The number of nitrogens with zero attached hydrogens (tertiary/aromatic N) is 3. The Morgan fingerprint density at radius 2 is 2.11 bits per heavy atom. The highest BCUT2D eigenvalue weighted by atomic mass is 16.2. The highest BCUT2D eigenvalue weighted by molar-refractivity contribution is 5.77. The smallest absolute Gasteiger partial charge is 0.236 e. The summed E-state index contributed by atoms with van der Waals surface area (Å²) in [7, 11) is 3.57. The van der Waals surface area contributed by atoms with E-state index in [1.807, 2.05) is 19.1 Å². The monoisotopic (exact) mass is 264 g/mol. The van der Waals surface area contributed by atoms with Crippen molar-refractivity contribution in [3.8, 4) is 0 Å². The van der Waals surface area contributed by atoms with E-state index in [1.165, 1.54) is 5.56 Å². The number of anilines is 1. The molecule has 5 nitrogen and oxygen atoms in total. The minimum Gasteiger partial charge on any atom is -0.370 e. The lowest BCUT2D eigenvalue weighted by molar-refractivity contribution is -0.130. The summed E-state index contributed by atoms with van der Waals surface area (Å²) in [5.41, 5.74) is 1.17. The van der Waals surface area contributed by atoms with Gasteiger partial charge in [-0.05, 0) is 31.2 Å². The van der Waals surface area contributed by atoms with Crippen LogP contribution >= 0.6 is 0 Å². The van der Waals surface area contributed by atoms with E-state index < -0.39 is 0 Å². The van der Waals surface area contributed by atoms with E-state index >= 15 is 0 Å². The third kappa shape index (κ3) is 5.26. The molecule has 1 aromatic heterocycles. The standard InChI is InChI=1S/C14H24N4O/c1-5-15-13-9-12(7-8-16-13)10-18(6-2)11-14(19)17(3)4/h7-9H,5-6,10-11H2,1-4H3,(H,15,16). The van der Waals surface area contributed by atoms with Crippen LogP contribution < -0.4 is 5.32 Å². The average molecular weight is 264 g/mol. The largest absolute Gasteiger partial charge is 0.370 e. The SMILES string of the molecule is CCNc1cc(CN(CC)CC(=O)N(C)C)ccn1. The number of carbonyl (C=O) groups is 1. The highest BCUT2D eigenvalue weighted by Gasteiger charge is 2.11. The number of hydrogen-bond donors (Lipinski definition) is 1. The van der Waals surface area contributed by atoms with Gasteiger partial charge in [-0.2, -0.15) is 0 Å². The summed E-state index contributed by atoms with van der Waals surface area (Å²) < 4.78 is 0. The molecule has 0 saturated heterocycles. The maximum Gasteiger partial charge on any atom is 0.236 e. The lowest BCUT2D eigenvalue weighted by Crippen LogP contribution is -2.36. The molecule has 0 atom stereocenters. The van der Waals surface area contributed by atoms with Crippen molar-refractivity contribution in [2.24, 2.45) is 0 Å². The predicted octanol–water partition coefficient (Wildman–Crippen LogP) is 1.42. The molecule has 1 heterocycles. The first-order chi connectivity index (χ1) is 9.06. The number of carbonyl (C=O) groups excluding carboxylic acids is 1. The fraction of sp³-hybridized carbons (Fsp3) is 0.571. The molecule has 1 amide bonds. The van der Waals surface area contributed by atoms with Crippen LogP contribution in [0.25, 0.3) is 0 Å². The Balaban J connectivity index is 2.64. The molecule has 0 unspecified atom stereocenters.